The molecule has 0 spiro atoms. The van der Waals surface area contributed by atoms with Crippen molar-refractivity contribution < 1.29 is 4.79 Å². The van der Waals surface area contributed by atoms with E-state index in [2.05, 4.69) is 23.2 Å². The first-order valence-electron chi connectivity index (χ1n) is 7.15. The molecule has 1 saturated heterocycles. The molecule has 0 radical (unpaired) electrons. The number of likely N-dealkylation sites (tertiary alicyclic amines) is 1. The van der Waals surface area contributed by atoms with E-state index in [0.717, 1.165) is 25.2 Å². The van der Waals surface area contributed by atoms with Crippen LogP contribution in [0.5, 0.6) is 0 Å². The number of nitriles is 1. The summed E-state index contributed by atoms with van der Waals surface area (Å²) in [6, 6.07) is 8.90. The highest BCUT2D eigenvalue weighted by atomic mass is 16.2. The molecule has 106 valence electrons. The number of nitrogens with one attached hydrogen (secondary N) is 1. The Morgan fingerprint density at radius 1 is 1.45 bits per heavy atom. The van der Waals surface area contributed by atoms with Crippen LogP contribution in [0.3, 0.4) is 0 Å². The van der Waals surface area contributed by atoms with Crippen LogP contribution < -0.4 is 5.32 Å². The molecule has 1 aliphatic heterocycles. The minimum absolute atomic E-state index is 0.0174. The zero-order chi connectivity index (χ0) is 14.5. The molecule has 2 atom stereocenters. The van der Waals surface area contributed by atoms with Gasteiger partial charge in [-0.3, -0.25) is 9.69 Å². The summed E-state index contributed by atoms with van der Waals surface area (Å²) in [5.41, 5.74) is 1.34. The third-order valence-electron chi connectivity index (χ3n) is 3.90. The second-order valence-corrected chi connectivity index (χ2v) is 5.60. The molecule has 2 rings (SSSR count). The van der Waals surface area contributed by atoms with E-state index in [9.17, 15) is 4.79 Å². The molecule has 1 aromatic carbocycles. The van der Waals surface area contributed by atoms with Gasteiger partial charge in [-0.05, 0) is 56.5 Å². The molecule has 1 N–H and O–H groups in total. The average molecular weight is 271 g/mol. The van der Waals surface area contributed by atoms with Crippen LogP contribution in [-0.2, 0) is 4.79 Å². The highest BCUT2D eigenvalue weighted by Gasteiger charge is 2.25. The Hall–Kier alpha value is -1.86. The molecule has 20 heavy (non-hydrogen) atoms. The second-order valence-electron chi connectivity index (χ2n) is 5.60. The minimum Gasteiger partial charge on any atom is -0.325 e. The maximum atomic E-state index is 12.3. The summed E-state index contributed by atoms with van der Waals surface area (Å²) in [6.45, 7) is 6.17. The first-order chi connectivity index (χ1) is 9.60. The van der Waals surface area contributed by atoms with Crippen molar-refractivity contribution in [3.05, 3.63) is 29.8 Å². The fourth-order valence-corrected chi connectivity index (χ4v) is 2.62. The number of carbonyl (C=O) groups excluding carboxylic acids is 1. The van der Waals surface area contributed by atoms with E-state index in [-0.39, 0.29) is 11.9 Å². The van der Waals surface area contributed by atoms with E-state index >= 15 is 0 Å². The highest BCUT2D eigenvalue weighted by Crippen LogP contribution is 2.18. The van der Waals surface area contributed by atoms with Gasteiger partial charge in [-0.15, -0.1) is 0 Å². The van der Waals surface area contributed by atoms with E-state index in [4.69, 9.17) is 5.26 Å². The number of hydrogen-bond acceptors (Lipinski definition) is 3. The highest BCUT2D eigenvalue weighted by molar-refractivity contribution is 5.94. The van der Waals surface area contributed by atoms with Gasteiger partial charge in [-0.1, -0.05) is 6.92 Å². The van der Waals surface area contributed by atoms with Crippen molar-refractivity contribution in [2.24, 2.45) is 5.92 Å². The summed E-state index contributed by atoms with van der Waals surface area (Å²) in [5, 5.41) is 11.7. The lowest BCUT2D eigenvalue weighted by molar-refractivity contribution is -0.121. The van der Waals surface area contributed by atoms with Crippen LogP contribution in [0.15, 0.2) is 24.3 Å². The largest absolute Gasteiger partial charge is 0.325 e. The number of piperidine rings is 1. The van der Waals surface area contributed by atoms with Crippen molar-refractivity contribution in [2.45, 2.75) is 32.7 Å². The van der Waals surface area contributed by atoms with Crippen LogP contribution in [0.4, 0.5) is 5.69 Å². The smallest absolute Gasteiger partial charge is 0.241 e. The lowest BCUT2D eigenvalue weighted by Gasteiger charge is -2.34. The van der Waals surface area contributed by atoms with Gasteiger partial charge in [0.25, 0.3) is 0 Å². The molecule has 0 bridgehead atoms. The molecule has 1 aromatic rings. The van der Waals surface area contributed by atoms with Crippen LogP contribution in [0.2, 0.25) is 0 Å². The molecule has 0 unspecified atom stereocenters. The summed E-state index contributed by atoms with van der Waals surface area (Å²) >= 11 is 0. The number of nitrogens with zero attached hydrogens (tertiary/aromatic N) is 2. The number of hydrogen-bond donors (Lipinski definition) is 1. The number of anilines is 1. The molecule has 0 aromatic heterocycles. The normalized spacial score (nSPS) is 20.9. The number of rotatable bonds is 3. The lowest BCUT2D eigenvalue weighted by atomic mass is 9.99. The van der Waals surface area contributed by atoms with Crippen LogP contribution >= 0.6 is 0 Å². The van der Waals surface area contributed by atoms with Crippen molar-refractivity contribution >= 4 is 11.6 Å². The van der Waals surface area contributed by atoms with E-state index in [0.29, 0.717) is 11.5 Å². The maximum absolute atomic E-state index is 12.3. The molecule has 0 aliphatic carbocycles. The van der Waals surface area contributed by atoms with Gasteiger partial charge in [0.05, 0.1) is 17.7 Å². The Bertz CT molecular complexity index is 503. The standard InChI is InChI=1S/C16H21N3O/c1-12-4-3-9-19(11-12)13(2)16(20)18-15-7-5-14(10-17)6-8-15/h5-8,12-13H,3-4,9,11H2,1-2H3,(H,18,20)/t12-,13+/m1/s1. The predicted octanol–water partition coefficient (Wildman–Crippen LogP) is 2.62. The van der Waals surface area contributed by atoms with Gasteiger partial charge in [0, 0.05) is 12.2 Å². The first kappa shape index (κ1) is 14.5. The summed E-state index contributed by atoms with van der Waals surface area (Å²) < 4.78 is 0. The molecule has 4 nitrogen and oxygen atoms in total. The third kappa shape index (κ3) is 3.58. The van der Waals surface area contributed by atoms with Crippen LogP contribution in [0, 0.1) is 17.2 Å². The van der Waals surface area contributed by atoms with Crippen molar-refractivity contribution in [1.82, 2.24) is 4.90 Å². The molecule has 1 aliphatic rings. The number of benzene rings is 1. The lowest BCUT2D eigenvalue weighted by Crippen LogP contribution is -2.46. The molecular formula is C16H21N3O. The molecule has 0 saturated carbocycles. The van der Waals surface area contributed by atoms with Crippen molar-refractivity contribution in [2.75, 3.05) is 18.4 Å². The summed E-state index contributed by atoms with van der Waals surface area (Å²) in [7, 11) is 0. The van der Waals surface area contributed by atoms with Gasteiger partial charge in [0.1, 0.15) is 0 Å². The van der Waals surface area contributed by atoms with Crippen LogP contribution in [-0.4, -0.2) is 29.9 Å². The predicted molar refractivity (Wildman–Crippen MR) is 79.2 cm³/mol. The van der Waals surface area contributed by atoms with Crippen molar-refractivity contribution in [3.63, 3.8) is 0 Å². The Kier molecular flexibility index (Phi) is 4.75. The molecular weight excluding hydrogens is 250 g/mol. The summed E-state index contributed by atoms with van der Waals surface area (Å²) in [6.07, 6.45) is 2.41. The second kappa shape index (κ2) is 6.53. The molecule has 1 amide bonds. The van der Waals surface area contributed by atoms with Gasteiger partial charge < -0.3 is 5.32 Å². The van der Waals surface area contributed by atoms with Crippen molar-refractivity contribution in [3.8, 4) is 6.07 Å². The fourth-order valence-electron chi connectivity index (χ4n) is 2.62. The number of amides is 1. The molecule has 4 heteroatoms. The summed E-state index contributed by atoms with van der Waals surface area (Å²) in [4.78, 5) is 14.5. The monoisotopic (exact) mass is 271 g/mol. The van der Waals surface area contributed by atoms with Crippen LogP contribution in [0.25, 0.3) is 0 Å². The van der Waals surface area contributed by atoms with Gasteiger partial charge in [-0.2, -0.15) is 5.26 Å². The third-order valence-corrected chi connectivity index (χ3v) is 3.90. The topological polar surface area (TPSA) is 56.1 Å². The fraction of sp³-hybridized carbons (Fsp3) is 0.500. The quantitative estimate of drug-likeness (QED) is 0.919. The minimum atomic E-state index is -0.117. The van der Waals surface area contributed by atoms with Crippen LogP contribution in [0.1, 0.15) is 32.3 Å². The Morgan fingerprint density at radius 3 is 2.75 bits per heavy atom. The average Bonchev–Trinajstić information content (AvgIpc) is 2.47. The zero-order valence-corrected chi connectivity index (χ0v) is 12.1. The van der Waals surface area contributed by atoms with E-state index in [1.54, 1.807) is 24.3 Å². The zero-order valence-electron chi connectivity index (χ0n) is 12.1. The maximum Gasteiger partial charge on any atom is 0.241 e. The van der Waals surface area contributed by atoms with E-state index in [1.165, 1.54) is 6.42 Å². The Balaban J connectivity index is 1.94. The summed E-state index contributed by atoms with van der Waals surface area (Å²) in [5.74, 6) is 0.678. The van der Waals surface area contributed by atoms with E-state index < -0.39 is 0 Å². The first-order valence-corrected chi connectivity index (χ1v) is 7.15. The van der Waals surface area contributed by atoms with E-state index in [1.807, 2.05) is 6.92 Å². The van der Waals surface area contributed by atoms with Gasteiger partial charge in [-0.25, -0.2) is 0 Å². The molecule has 1 heterocycles. The molecule has 1 fully saturated rings. The number of carbonyl (C=O) groups is 1. The Labute approximate surface area is 120 Å². The Morgan fingerprint density at radius 2 is 2.15 bits per heavy atom. The van der Waals surface area contributed by atoms with Gasteiger partial charge in [0.15, 0.2) is 0 Å². The van der Waals surface area contributed by atoms with Gasteiger partial charge in [0.2, 0.25) is 5.91 Å². The SMILES string of the molecule is C[C@@H]1CCCN([C@@H](C)C(=O)Nc2ccc(C#N)cc2)C1. The van der Waals surface area contributed by atoms with Gasteiger partial charge >= 0.3 is 0 Å². The van der Waals surface area contributed by atoms with Crippen molar-refractivity contribution in [1.29, 1.82) is 5.26 Å².